The van der Waals surface area contributed by atoms with Crippen molar-refractivity contribution in [2.24, 2.45) is 5.92 Å². The van der Waals surface area contributed by atoms with E-state index in [-0.39, 0.29) is 17.6 Å². The van der Waals surface area contributed by atoms with Gasteiger partial charge in [-0.3, -0.25) is 4.79 Å². The van der Waals surface area contributed by atoms with Crippen LogP contribution < -0.4 is 0 Å². The maximum absolute atomic E-state index is 12.5. The minimum Gasteiger partial charge on any atom is -0.469 e. The van der Waals surface area contributed by atoms with Gasteiger partial charge >= 0.3 is 5.97 Å². The Labute approximate surface area is 135 Å². The van der Waals surface area contributed by atoms with Crippen LogP contribution in [0.5, 0.6) is 0 Å². The van der Waals surface area contributed by atoms with E-state index in [1.807, 2.05) is 26.0 Å². The van der Waals surface area contributed by atoms with Crippen molar-refractivity contribution in [3.63, 3.8) is 0 Å². The summed E-state index contributed by atoms with van der Waals surface area (Å²) < 4.78 is 10.7. The Hall–Kier alpha value is -2.30. The van der Waals surface area contributed by atoms with Gasteiger partial charge < -0.3 is 14.1 Å². The largest absolute Gasteiger partial charge is 0.469 e. The second-order valence-corrected chi connectivity index (χ2v) is 6.51. The highest BCUT2D eigenvalue weighted by Crippen LogP contribution is 2.35. The molecule has 0 radical (unpaired) electrons. The number of hydrogen-bond donors (Lipinski definition) is 1. The molecule has 1 atom stereocenters. The van der Waals surface area contributed by atoms with Crippen LogP contribution in [-0.2, 0) is 11.2 Å². The number of fused-ring (bicyclic) bond motifs is 1. The van der Waals surface area contributed by atoms with E-state index in [0.717, 1.165) is 11.5 Å². The lowest BCUT2D eigenvalue weighted by Crippen LogP contribution is -2.18. The fraction of sp³-hybridized carbons (Fsp3) is 0.444. The molecule has 0 fully saturated rings. The van der Waals surface area contributed by atoms with Gasteiger partial charge in [-0.2, -0.15) is 0 Å². The Morgan fingerprint density at radius 1 is 1.43 bits per heavy atom. The van der Waals surface area contributed by atoms with Crippen LogP contribution in [0.2, 0.25) is 0 Å². The summed E-state index contributed by atoms with van der Waals surface area (Å²) in [6, 6.07) is 3.71. The van der Waals surface area contributed by atoms with E-state index in [2.05, 4.69) is 4.98 Å². The summed E-state index contributed by atoms with van der Waals surface area (Å²) in [5.74, 6) is 0.744. The zero-order valence-electron chi connectivity index (χ0n) is 13.6. The number of Topliss-reactive ketones (excluding diaryl/α,β-unsaturated/α-hetero) is 1. The number of esters is 1. The first-order valence-electron chi connectivity index (χ1n) is 7.92. The Balaban J connectivity index is 1.87. The van der Waals surface area contributed by atoms with Gasteiger partial charge in [0.15, 0.2) is 5.78 Å². The topological polar surface area (TPSA) is 72.3 Å². The molecule has 5 heteroatoms. The molecule has 0 amide bonds. The number of carbonyl (C=O) groups excluding carboxylic acids is 2. The second kappa shape index (κ2) is 6.07. The molecule has 23 heavy (non-hydrogen) atoms. The molecule has 0 bridgehead atoms. The molecule has 2 aromatic rings. The van der Waals surface area contributed by atoms with Gasteiger partial charge in [0.25, 0.3) is 0 Å². The van der Waals surface area contributed by atoms with Gasteiger partial charge in [0.2, 0.25) is 0 Å². The van der Waals surface area contributed by atoms with Gasteiger partial charge in [-0.1, -0.05) is 13.8 Å². The molecule has 122 valence electrons. The highest BCUT2D eigenvalue weighted by molar-refractivity contribution is 6.03. The van der Waals surface area contributed by atoms with Crippen molar-refractivity contribution in [2.75, 3.05) is 6.61 Å². The number of rotatable bonds is 4. The first kappa shape index (κ1) is 15.6. The van der Waals surface area contributed by atoms with Crippen LogP contribution in [0.4, 0.5) is 0 Å². The number of H-pyrrole nitrogens is 1. The van der Waals surface area contributed by atoms with Gasteiger partial charge in [0, 0.05) is 23.6 Å². The summed E-state index contributed by atoms with van der Waals surface area (Å²) in [4.78, 5) is 27.8. The number of aromatic nitrogens is 1. The van der Waals surface area contributed by atoms with Crippen LogP contribution in [0.1, 0.15) is 64.1 Å². The van der Waals surface area contributed by atoms with Gasteiger partial charge in [-0.25, -0.2) is 4.79 Å². The average molecular weight is 315 g/mol. The molecule has 2 heterocycles. The Bertz CT molecular complexity index is 725. The predicted octanol–water partition coefficient (Wildman–Crippen LogP) is 3.64. The summed E-state index contributed by atoms with van der Waals surface area (Å²) >= 11 is 0. The number of hydrogen-bond acceptors (Lipinski definition) is 4. The minimum absolute atomic E-state index is 0.0163. The molecule has 1 N–H and O–H groups in total. The van der Waals surface area contributed by atoms with Gasteiger partial charge in [0.05, 0.1) is 12.9 Å². The maximum Gasteiger partial charge on any atom is 0.355 e. The quantitative estimate of drug-likeness (QED) is 0.874. The third kappa shape index (κ3) is 2.96. The van der Waals surface area contributed by atoms with Crippen LogP contribution in [-0.4, -0.2) is 23.3 Å². The van der Waals surface area contributed by atoms with Gasteiger partial charge in [0.1, 0.15) is 11.5 Å². The molecule has 0 saturated heterocycles. The molecule has 3 rings (SSSR count). The van der Waals surface area contributed by atoms with E-state index < -0.39 is 5.97 Å². The molecule has 1 aliphatic carbocycles. The molecule has 2 aromatic heterocycles. The van der Waals surface area contributed by atoms with Crippen LogP contribution >= 0.6 is 0 Å². The van der Waals surface area contributed by atoms with Gasteiger partial charge in [-0.05, 0) is 37.0 Å². The van der Waals surface area contributed by atoms with E-state index in [0.29, 0.717) is 36.3 Å². The van der Waals surface area contributed by atoms with Crippen molar-refractivity contribution in [3.8, 4) is 0 Å². The number of furan rings is 1. The van der Waals surface area contributed by atoms with Crippen LogP contribution in [0, 0.1) is 12.8 Å². The van der Waals surface area contributed by atoms with Crippen LogP contribution in [0.25, 0.3) is 0 Å². The third-order valence-electron chi connectivity index (χ3n) is 4.19. The fourth-order valence-electron chi connectivity index (χ4n) is 3.08. The van der Waals surface area contributed by atoms with E-state index in [1.165, 1.54) is 0 Å². The van der Waals surface area contributed by atoms with Crippen molar-refractivity contribution in [1.82, 2.24) is 4.98 Å². The molecule has 0 aliphatic heterocycles. The lowest BCUT2D eigenvalue weighted by atomic mass is 9.84. The molecule has 1 aliphatic rings. The summed E-state index contributed by atoms with van der Waals surface area (Å²) in [7, 11) is 0. The highest BCUT2D eigenvalue weighted by Gasteiger charge is 2.33. The third-order valence-corrected chi connectivity index (χ3v) is 4.19. The van der Waals surface area contributed by atoms with Crippen LogP contribution in [0.3, 0.4) is 0 Å². The Morgan fingerprint density at radius 2 is 2.22 bits per heavy atom. The van der Waals surface area contributed by atoms with E-state index in [1.54, 1.807) is 13.2 Å². The monoisotopic (exact) mass is 315 g/mol. The zero-order chi connectivity index (χ0) is 16.6. The van der Waals surface area contributed by atoms with Crippen molar-refractivity contribution in [2.45, 2.75) is 39.5 Å². The summed E-state index contributed by atoms with van der Waals surface area (Å²) in [5.41, 5.74) is 2.53. The lowest BCUT2D eigenvalue weighted by molar-refractivity contribution is 0.0451. The van der Waals surface area contributed by atoms with Crippen molar-refractivity contribution in [3.05, 3.63) is 46.7 Å². The van der Waals surface area contributed by atoms with E-state index >= 15 is 0 Å². The summed E-state index contributed by atoms with van der Waals surface area (Å²) in [6.07, 6.45) is 2.68. The highest BCUT2D eigenvalue weighted by atomic mass is 16.5. The zero-order valence-corrected chi connectivity index (χ0v) is 13.6. The molecule has 0 aromatic carbocycles. The molecule has 0 saturated carbocycles. The number of nitrogens with one attached hydrogen (secondary N) is 1. The Kier molecular flexibility index (Phi) is 4.11. The predicted molar refractivity (Wildman–Crippen MR) is 84.8 cm³/mol. The van der Waals surface area contributed by atoms with Crippen LogP contribution in [0.15, 0.2) is 22.8 Å². The minimum atomic E-state index is -0.395. The second-order valence-electron chi connectivity index (χ2n) is 6.51. The molecule has 0 unspecified atom stereocenters. The van der Waals surface area contributed by atoms with Crippen molar-refractivity contribution >= 4 is 11.8 Å². The first-order valence-corrected chi connectivity index (χ1v) is 7.92. The lowest BCUT2D eigenvalue weighted by Gasteiger charge is -2.19. The smallest absolute Gasteiger partial charge is 0.355 e. The van der Waals surface area contributed by atoms with Crippen molar-refractivity contribution in [1.29, 1.82) is 0 Å². The standard InChI is InChI=1S/C18H21NO4/c1-10(2)9-23-18(21)17-11(3)16-13(19-17)7-12(8-14(16)20)15-5-4-6-22-15/h4-6,10,12,19H,7-9H2,1-3H3/t12-/m1/s1. The maximum atomic E-state index is 12.5. The van der Waals surface area contributed by atoms with Crippen molar-refractivity contribution < 1.29 is 18.7 Å². The molecule has 5 nitrogen and oxygen atoms in total. The van der Waals surface area contributed by atoms with E-state index in [4.69, 9.17) is 9.15 Å². The summed E-state index contributed by atoms with van der Waals surface area (Å²) in [5, 5.41) is 0. The van der Waals surface area contributed by atoms with Gasteiger partial charge in [-0.15, -0.1) is 0 Å². The fourth-order valence-corrected chi connectivity index (χ4v) is 3.08. The number of carbonyl (C=O) groups is 2. The SMILES string of the molecule is Cc1c(C(=O)OCC(C)C)[nH]c2c1C(=O)C[C@H](c1ccco1)C2. The number of ether oxygens (including phenoxy) is 1. The first-order chi connectivity index (χ1) is 11.0. The average Bonchev–Trinajstić information content (AvgIpc) is 3.13. The number of ketones is 1. The molecule has 0 spiro atoms. The van der Waals surface area contributed by atoms with E-state index in [9.17, 15) is 9.59 Å². The normalized spacial score (nSPS) is 17.4. The summed E-state index contributed by atoms with van der Waals surface area (Å²) in [6.45, 7) is 6.13. The molecular weight excluding hydrogens is 294 g/mol. The Morgan fingerprint density at radius 3 is 2.87 bits per heavy atom. The number of aromatic amines is 1. The molecular formula is C18H21NO4.